The normalized spacial score (nSPS) is 25.7. The molecule has 2 aliphatic rings. The Morgan fingerprint density at radius 1 is 1.21 bits per heavy atom. The number of piperidine rings is 1. The van der Waals surface area contributed by atoms with E-state index in [-0.39, 0.29) is 17.5 Å². The second-order valence-electron chi connectivity index (χ2n) is 6.03. The van der Waals surface area contributed by atoms with Crippen LogP contribution in [0.25, 0.3) is 0 Å². The van der Waals surface area contributed by atoms with Crippen LogP contribution in [0.5, 0.6) is 0 Å². The van der Waals surface area contributed by atoms with E-state index in [9.17, 15) is 4.79 Å². The Morgan fingerprint density at radius 2 is 1.84 bits per heavy atom. The van der Waals surface area contributed by atoms with E-state index >= 15 is 0 Å². The second kappa shape index (κ2) is 4.64. The average Bonchev–Trinajstić information content (AvgIpc) is 2.45. The number of rotatable bonds is 2. The van der Waals surface area contributed by atoms with Crippen LogP contribution in [0.2, 0.25) is 0 Å². The van der Waals surface area contributed by atoms with Gasteiger partial charge >= 0.3 is 0 Å². The van der Waals surface area contributed by atoms with Crippen LogP contribution in [0.3, 0.4) is 0 Å². The maximum absolute atomic E-state index is 12.7. The van der Waals surface area contributed by atoms with E-state index in [2.05, 4.69) is 48.3 Å². The quantitative estimate of drug-likeness (QED) is 0.826. The first-order valence-corrected chi connectivity index (χ1v) is 7.25. The standard InChI is InChI=1S/C16H22N2O/c1-12(2)18-14(13-6-4-3-5-7-13)16(15(18)19)8-10-17-11-9-16/h3-7,12,14,17H,8-11H2,1-2H3/t14-/m1/s1. The zero-order valence-electron chi connectivity index (χ0n) is 11.7. The van der Waals surface area contributed by atoms with Gasteiger partial charge in [-0.1, -0.05) is 30.3 Å². The van der Waals surface area contributed by atoms with Gasteiger partial charge in [0.15, 0.2) is 0 Å². The Kier molecular flexibility index (Phi) is 3.09. The summed E-state index contributed by atoms with van der Waals surface area (Å²) in [5.41, 5.74) is 1.15. The van der Waals surface area contributed by atoms with Gasteiger partial charge in [-0.25, -0.2) is 0 Å². The van der Waals surface area contributed by atoms with Crippen molar-refractivity contribution in [2.75, 3.05) is 13.1 Å². The number of β-lactam (4-membered cyclic amide) rings is 1. The van der Waals surface area contributed by atoms with E-state index in [1.54, 1.807) is 0 Å². The highest BCUT2D eigenvalue weighted by Gasteiger charge is 2.61. The van der Waals surface area contributed by atoms with Gasteiger partial charge in [-0.2, -0.15) is 0 Å². The van der Waals surface area contributed by atoms with Crippen LogP contribution in [-0.4, -0.2) is 29.9 Å². The van der Waals surface area contributed by atoms with Crippen LogP contribution in [0.15, 0.2) is 30.3 Å². The molecule has 1 aromatic rings. The molecule has 3 rings (SSSR count). The molecule has 102 valence electrons. The van der Waals surface area contributed by atoms with Gasteiger partial charge in [0.25, 0.3) is 0 Å². The summed E-state index contributed by atoms with van der Waals surface area (Å²) in [4.78, 5) is 14.7. The van der Waals surface area contributed by atoms with E-state index < -0.39 is 0 Å². The largest absolute Gasteiger partial charge is 0.332 e. The Balaban J connectivity index is 1.98. The molecule has 2 aliphatic heterocycles. The third kappa shape index (κ3) is 1.79. The molecular formula is C16H22N2O. The number of nitrogens with one attached hydrogen (secondary N) is 1. The van der Waals surface area contributed by atoms with Gasteiger partial charge in [-0.3, -0.25) is 4.79 Å². The van der Waals surface area contributed by atoms with E-state index in [0.717, 1.165) is 25.9 Å². The Morgan fingerprint density at radius 3 is 2.42 bits per heavy atom. The highest BCUT2D eigenvalue weighted by Crippen LogP contribution is 2.55. The lowest BCUT2D eigenvalue weighted by Gasteiger charge is -2.59. The van der Waals surface area contributed by atoms with Crippen molar-refractivity contribution in [1.29, 1.82) is 0 Å². The minimum atomic E-state index is -0.142. The highest BCUT2D eigenvalue weighted by molar-refractivity contribution is 5.91. The molecule has 2 heterocycles. The predicted molar refractivity (Wildman–Crippen MR) is 75.7 cm³/mol. The van der Waals surface area contributed by atoms with Crippen molar-refractivity contribution in [3.05, 3.63) is 35.9 Å². The van der Waals surface area contributed by atoms with Crippen molar-refractivity contribution < 1.29 is 4.79 Å². The molecule has 1 spiro atoms. The summed E-state index contributed by atoms with van der Waals surface area (Å²) in [6.45, 7) is 6.14. The zero-order chi connectivity index (χ0) is 13.5. The number of benzene rings is 1. The van der Waals surface area contributed by atoms with Crippen LogP contribution >= 0.6 is 0 Å². The fourth-order valence-electron chi connectivity index (χ4n) is 3.70. The number of hydrogen-bond donors (Lipinski definition) is 1. The van der Waals surface area contributed by atoms with Gasteiger partial charge < -0.3 is 10.2 Å². The SMILES string of the molecule is CC(C)N1C(=O)C2(CCNCC2)[C@H]1c1ccccc1. The maximum atomic E-state index is 12.7. The lowest BCUT2D eigenvalue weighted by atomic mass is 9.62. The molecule has 0 bridgehead atoms. The summed E-state index contributed by atoms with van der Waals surface area (Å²) in [6.07, 6.45) is 1.93. The minimum absolute atomic E-state index is 0.142. The lowest BCUT2D eigenvalue weighted by molar-refractivity contribution is -0.182. The monoisotopic (exact) mass is 258 g/mol. The summed E-state index contributed by atoms with van der Waals surface area (Å²) < 4.78 is 0. The Labute approximate surface area is 115 Å². The molecule has 2 fully saturated rings. The molecule has 1 atom stereocenters. The van der Waals surface area contributed by atoms with Crippen LogP contribution in [0, 0.1) is 5.41 Å². The van der Waals surface area contributed by atoms with Gasteiger partial charge in [0.1, 0.15) is 0 Å². The smallest absolute Gasteiger partial charge is 0.232 e. The first-order chi connectivity index (χ1) is 9.17. The molecule has 3 heteroatoms. The molecular weight excluding hydrogens is 236 g/mol. The van der Waals surface area contributed by atoms with Gasteiger partial charge in [0.05, 0.1) is 11.5 Å². The molecule has 2 saturated heterocycles. The molecule has 1 N–H and O–H groups in total. The van der Waals surface area contributed by atoms with Crippen LogP contribution in [0.4, 0.5) is 0 Å². The summed E-state index contributed by atoms with van der Waals surface area (Å²) in [5, 5.41) is 3.37. The molecule has 0 unspecified atom stereocenters. The maximum Gasteiger partial charge on any atom is 0.232 e. The topological polar surface area (TPSA) is 32.3 Å². The highest BCUT2D eigenvalue weighted by atomic mass is 16.2. The van der Waals surface area contributed by atoms with Crippen molar-refractivity contribution in [1.82, 2.24) is 10.2 Å². The van der Waals surface area contributed by atoms with Crippen LogP contribution in [-0.2, 0) is 4.79 Å². The summed E-state index contributed by atoms with van der Waals surface area (Å²) >= 11 is 0. The zero-order valence-corrected chi connectivity index (χ0v) is 11.7. The fourth-order valence-corrected chi connectivity index (χ4v) is 3.70. The van der Waals surface area contributed by atoms with E-state index in [1.807, 2.05) is 6.07 Å². The Bertz CT molecular complexity index is 463. The Hall–Kier alpha value is -1.35. The van der Waals surface area contributed by atoms with E-state index in [4.69, 9.17) is 0 Å². The van der Waals surface area contributed by atoms with Gasteiger partial charge in [-0.15, -0.1) is 0 Å². The molecule has 19 heavy (non-hydrogen) atoms. The molecule has 0 aromatic heterocycles. The minimum Gasteiger partial charge on any atom is -0.332 e. The van der Waals surface area contributed by atoms with Crippen molar-refractivity contribution in [2.24, 2.45) is 5.41 Å². The first-order valence-electron chi connectivity index (χ1n) is 7.25. The summed E-state index contributed by atoms with van der Waals surface area (Å²) in [6, 6.07) is 11.1. The first kappa shape index (κ1) is 12.7. The number of carbonyl (C=O) groups excluding carboxylic acids is 1. The van der Waals surface area contributed by atoms with Gasteiger partial charge in [-0.05, 0) is 45.3 Å². The van der Waals surface area contributed by atoms with Crippen LogP contribution in [0.1, 0.15) is 38.3 Å². The molecule has 0 radical (unpaired) electrons. The predicted octanol–water partition coefficient (Wildman–Crippen LogP) is 2.35. The van der Waals surface area contributed by atoms with Crippen molar-refractivity contribution >= 4 is 5.91 Å². The van der Waals surface area contributed by atoms with Crippen LogP contribution < -0.4 is 5.32 Å². The molecule has 0 saturated carbocycles. The number of hydrogen-bond acceptors (Lipinski definition) is 2. The molecule has 3 nitrogen and oxygen atoms in total. The number of carbonyl (C=O) groups is 1. The fraction of sp³-hybridized carbons (Fsp3) is 0.562. The van der Waals surface area contributed by atoms with Gasteiger partial charge in [0.2, 0.25) is 5.91 Å². The summed E-state index contributed by atoms with van der Waals surface area (Å²) in [5.74, 6) is 0.359. The van der Waals surface area contributed by atoms with E-state index in [0.29, 0.717) is 5.91 Å². The summed E-state index contributed by atoms with van der Waals surface area (Å²) in [7, 11) is 0. The average molecular weight is 258 g/mol. The molecule has 1 amide bonds. The number of amides is 1. The molecule has 0 aliphatic carbocycles. The van der Waals surface area contributed by atoms with Crippen molar-refractivity contribution in [2.45, 2.75) is 38.8 Å². The van der Waals surface area contributed by atoms with E-state index in [1.165, 1.54) is 5.56 Å². The van der Waals surface area contributed by atoms with Crippen molar-refractivity contribution in [3.8, 4) is 0 Å². The van der Waals surface area contributed by atoms with Crippen molar-refractivity contribution in [3.63, 3.8) is 0 Å². The third-order valence-electron chi connectivity index (χ3n) is 4.63. The van der Waals surface area contributed by atoms with Gasteiger partial charge in [0, 0.05) is 6.04 Å². The molecule has 1 aromatic carbocycles. The number of nitrogens with zero attached hydrogens (tertiary/aromatic N) is 1. The second-order valence-corrected chi connectivity index (χ2v) is 6.03. The lowest BCUT2D eigenvalue weighted by Crippen LogP contribution is -2.67. The third-order valence-corrected chi connectivity index (χ3v) is 4.63. The number of likely N-dealkylation sites (tertiary alicyclic amines) is 1.